The third-order valence-electron chi connectivity index (χ3n) is 5.16. The van der Waals surface area contributed by atoms with E-state index in [1.165, 1.54) is 6.92 Å². The Balaban J connectivity index is 1.78. The Kier molecular flexibility index (Phi) is 7.83. The molecule has 8 heteroatoms. The number of halogens is 3. The van der Waals surface area contributed by atoms with E-state index in [2.05, 4.69) is 0 Å². The van der Waals surface area contributed by atoms with Gasteiger partial charge in [-0.25, -0.2) is 4.79 Å². The molecule has 34 heavy (non-hydrogen) atoms. The van der Waals surface area contributed by atoms with Gasteiger partial charge in [0.25, 0.3) is 0 Å². The van der Waals surface area contributed by atoms with Gasteiger partial charge in [0, 0.05) is 0 Å². The Hall–Kier alpha value is -3.52. The third kappa shape index (κ3) is 6.08. The topological polar surface area (TPSA) is 65.0 Å². The highest BCUT2D eigenvalue weighted by Gasteiger charge is 2.46. The second kappa shape index (κ2) is 10.6. The summed E-state index contributed by atoms with van der Waals surface area (Å²) < 4.78 is 55.1. The first-order chi connectivity index (χ1) is 16.1. The number of aliphatic hydroxyl groups excluding tert-OH is 1. The smallest absolute Gasteiger partial charge is 0.416 e. The molecule has 0 heterocycles. The van der Waals surface area contributed by atoms with Crippen LogP contribution in [0.15, 0.2) is 78.9 Å². The summed E-state index contributed by atoms with van der Waals surface area (Å²) >= 11 is 0. The normalized spacial score (nSPS) is 14.1. The van der Waals surface area contributed by atoms with E-state index in [1.807, 2.05) is 30.3 Å². The monoisotopic (exact) mass is 474 g/mol. The Labute approximate surface area is 195 Å². The molecule has 0 radical (unpaired) electrons. The lowest BCUT2D eigenvalue weighted by atomic mass is 9.92. The van der Waals surface area contributed by atoms with Crippen LogP contribution >= 0.6 is 0 Å². The standard InChI is InChI=1S/C26H25F3O5/c1-3-32-24(31)25(2,34-22-15-11-20(12-16-22)26(27,28)29)23(30)19-9-13-21(14-10-19)33-17-18-7-5-4-6-8-18/h4-16,23,30H,3,17H2,1-2H3. The van der Waals surface area contributed by atoms with E-state index in [1.54, 1.807) is 31.2 Å². The molecule has 3 aromatic rings. The van der Waals surface area contributed by atoms with Crippen molar-refractivity contribution in [2.75, 3.05) is 6.61 Å². The minimum Gasteiger partial charge on any atom is -0.489 e. The summed E-state index contributed by atoms with van der Waals surface area (Å²) in [6.07, 6.45) is -5.98. The molecule has 3 aromatic carbocycles. The minimum absolute atomic E-state index is 0.0228. The second-order valence-corrected chi connectivity index (χ2v) is 7.70. The maximum Gasteiger partial charge on any atom is 0.416 e. The second-order valence-electron chi connectivity index (χ2n) is 7.70. The fourth-order valence-corrected chi connectivity index (χ4v) is 3.25. The van der Waals surface area contributed by atoms with Crippen molar-refractivity contribution in [2.24, 2.45) is 0 Å². The van der Waals surface area contributed by atoms with Crippen molar-refractivity contribution in [1.82, 2.24) is 0 Å². The van der Waals surface area contributed by atoms with Crippen LogP contribution in [-0.2, 0) is 22.3 Å². The molecule has 5 nitrogen and oxygen atoms in total. The van der Waals surface area contributed by atoms with Gasteiger partial charge in [-0.1, -0.05) is 42.5 Å². The molecule has 0 aromatic heterocycles. The zero-order valence-electron chi connectivity index (χ0n) is 18.7. The van der Waals surface area contributed by atoms with Gasteiger partial charge in [0.15, 0.2) is 0 Å². The number of hydrogen-bond acceptors (Lipinski definition) is 5. The maximum atomic E-state index is 12.9. The number of esters is 1. The molecule has 0 aliphatic heterocycles. The predicted molar refractivity (Wildman–Crippen MR) is 119 cm³/mol. The van der Waals surface area contributed by atoms with Gasteiger partial charge < -0.3 is 19.3 Å². The molecule has 3 rings (SSSR count). The summed E-state index contributed by atoms with van der Waals surface area (Å²) in [6, 6.07) is 19.9. The van der Waals surface area contributed by atoms with Crippen LogP contribution in [0.25, 0.3) is 0 Å². The van der Waals surface area contributed by atoms with Crippen LogP contribution in [0, 0.1) is 0 Å². The summed E-state index contributed by atoms with van der Waals surface area (Å²) in [5.74, 6) is -0.321. The summed E-state index contributed by atoms with van der Waals surface area (Å²) in [5, 5.41) is 11.0. The molecule has 0 aliphatic rings. The third-order valence-corrected chi connectivity index (χ3v) is 5.16. The van der Waals surface area contributed by atoms with Crippen LogP contribution in [0.2, 0.25) is 0 Å². The zero-order valence-corrected chi connectivity index (χ0v) is 18.7. The lowest BCUT2D eigenvalue weighted by Crippen LogP contribution is -2.48. The molecular weight excluding hydrogens is 449 g/mol. The molecule has 0 spiro atoms. The van der Waals surface area contributed by atoms with Crippen LogP contribution in [0.4, 0.5) is 13.2 Å². The summed E-state index contributed by atoms with van der Waals surface area (Å²) in [6.45, 7) is 3.32. The van der Waals surface area contributed by atoms with Crippen LogP contribution in [-0.4, -0.2) is 23.3 Å². The first-order valence-corrected chi connectivity index (χ1v) is 10.6. The molecule has 0 aliphatic carbocycles. The lowest BCUT2D eigenvalue weighted by molar-refractivity contribution is -0.171. The van der Waals surface area contributed by atoms with Crippen molar-refractivity contribution >= 4 is 5.97 Å². The maximum absolute atomic E-state index is 12.9. The highest BCUT2D eigenvalue weighted by Crippen LogP contribution is 2.35. The molecule has 0 bridgehead atoms. The molecule has 0 fully saturated rings. The molecule has 1 N–H and O–H groups in total. The van der Waals surface area contributed by atoms with E-state index in [-0.39, 0.29) is 12.4 Å². The Morgan fingerprint density at radius 1 is 0.912 bits per heavy atom. The highest BCUT2D eigenvalue weighted by molar-refractivity contribution is 5.80. The van der Waals surface area contributed by atoms with Gasteiger partial charge in [-0.3, -0.25) is 0 Å². The highest BCUT2D eigenvalue weighted by atomic mass is 19.4. The van der Waals surface area contributed by atoms with Crippen LogP contribution in [0.3, 0.4) is 0 Å². The van der Waals surface area contributed by atoms with Gasteiger partial charge >= 0.3 is 12.1 Å². The van der Waals surface area contributed by atoms with Crippen molar-refractivity contribution in [3.63, 3.8) is 0 Å². The van der Waals surface area contributed by atoms with Gasteiger partial charge in [-0.05, 0) is 61.4 Å². The van der Waals surface area contributed by atoms with Gasteiger partial charge in [0.2, 0.25) is 5.60 Å². The Morgan fingerprint density at radius 3 is 2.06 bits per heavy atom. The van der Waals surface area contributed by atoms with E-state index in [0.29, 0.717) is 17.9 Å². The molecular formula is C26H25F3O5. The van der Waals surface area contributed by atoms with Crippen molar-refractivity contribution in [3.05, 3.63) is 95.6 Å². The van der Waals surface area contributed by atoms with Crippen molar-refractivity contribution in [1.29, 1.82) is 0 Å². The number of benzene rings is 3. The van der Waals surface area contributed by atoms with Crippen LogP contribution < -0.4 is 9.47 Å². The summed E-state index contributed by atoms with van der Waals surface area (Å²) in [4.78, 5) is 12.7. The number of alkyl halides is 3. The van der Waals surface area contributed by atoms with E-state index >= 15 is 0 Å². The van der Waals surface area contributed by atoms with E-state index in [9.17, 15) is 23.1 Å². The molecule has 2 atom stereocenters. The van der Waals surface area contributed by atoms with Crippen molar-refractivity contribution in [2.45, 2.75) is 38.3 Å². The fraction of sp³-hybridized carbons (Fsp3) is 0.269. The number of aliphatic hydroxyl groups is 1. The lowest BCUT2D eigenvalue weighted by Gasteiger charge is -2.33. The fourth-order valence-electron chi connectivity index (χ4n) is 3.25. The van der Waals surface area contributed by atoms with E-state index in [4.69, 9.17) is 14.2 Å². The SMILES string of the molecule is CCOC(=O)C(C)(Oc1ccc(C(F)(F)F)cc1)C(O)c1ccc(OCc2ccccc2)cc1. The van der Waals surface area contributed by atoms with Gasteiger partial charge in [0.05, 0.1) is 12.2 Å². The first kappa shape index (κ1) is 25.1. The largest absolute Gasteiger partial charge is 0.489 e. The number of hydrogen-bond donors (Lipinski definition) is 1. The number of rotatable bonds is 9. The molecule has 0 saturated carbocycles. The Bertz CT molecular complexity index is 1070. The van der Waals surface area contributed by atoms with Crippen LogP contribution in [0.1, 0.15) is 36.6 Å². The van der Waals surface area contributed by atoms with Gasteiger partial charge in [-0.2, -0.15) is 13.2 Å². The van der Waals surface area contributed by atoms with Crippen molar-refractivity contribution < 1.29 is 37.3 Å². The zero-order chi connectivity index (χ0) is 24.8. The van der Waals surface area contributed by atoms with Crippen molar-refractivity contribution in [3.8, 4) is 11.5 Å². The summed E-state index contributed by atoms with van der Waals surface area (Å²) in [7, 11) is 0. The number of carbonyl (C=O) groups excluding carboxylic acids is 1. The molecule has 0 saturated heterocycles. The van der Waals surface area contributed by atoms with E-state index < -0.39 is 29.4 Å². The number of carbonyl (C=O) groups is 1. The minimum atomic E-state index is -4.51. The van der Waals surface area contributed by atoms with Crippen LogP contribution in [0.5, 0.6) is 11.5 Å². The Morgan fingerprint density at radius 2 is 1.50 bits per heavy atom. The molecule has 0 amide bonds. The molecule has 2 unspecified atom stereocenters. The number of ether oxygens (including phenoxy) is 3. The van der Waals surface area contributed by atoms with Gasteiger partial charge in [0.1, 0.15) is 24.2 Å². The quantitative estimate of drug-likeness (QED) is 0.402. The van der Waals surface area contributed by atoms with Gasteiger partial charge in [-0.15, -0.1) is 0 Å². The average Bonchev–Trinajstić information content (AvgIpc) is 2.83. The van der Waals surface area contributed by atoms with E-state index in [0.717, 1.165) is 29.8 Å². The average molecular weight is 474 g/mol. The molecule has 180 valence electrons. The first-order valence-electron chi connectivity index (χ1n) is 10.6. The predicted octanol–water partition coefficient (Wildman–Crippen LogP) is 5.72. The summed E-state index contributed by atoms with van der Waals surface area (Å²) in [5.41, 5.74) is -1.44.